The Kier molecular flexibility index (Phi) is 5.96. The van der Waals surface area contributed by atoms with E-state index in [2.05, 4.69) is 44.7 Å². The smallest absolute Gasteiger partial charge is 0.323 e. The molecule has 1 aromatic rings. The molecule has 0 spiro atoms. The zero-order valence-electron chi connectivity index (χ0n) is 20.9. The predicted molar refractivity (Wildman–Crippen MR) is 134 cm³/mol. The zero-order chi connectivity index (χ0) is 25.7. The Morgan fingerprint density at radius 3 is 2.17 bits per heavy atom. The van der Waals surface area contributed by atoms with Crippen molar-refractivity contribution in [3.8, 4) is 6.07 Å². The summed E-state index contributed by atoms with van der Waals surface area (Å²) in [6.07, 6.45) is 7.39. The summed E-state index contributed by atoms with van der Waals surface area (Å²) >= 11 is 0. The highest BCUT2D eigenvalue weighted by Gasteiger charge is 2.40. The molecule has 1 aromatic carbocycles. The van der Waals surface area contributed by atoms with E-state index in [9.17, 15) is 19.6 Å². The van der Waals surface area contributed by atoms with E-state index < -0.39 is 24.3 Å². The van der Waals surface area contributed by atoms with Gasteiger partial charge < -0.3 is 10.0 Å². The lowest BCUT2D eigenvalue weighted by Gasteiger charge is -2.48. The molecule has 2 amide bonds. The van der Waals surface area contributed by atoms with E-state index in [0.717, 1.165) is 31.5 Å². The monoisotopic (exact) mass is 473 g/mol. The molecule has 1 N–H and O–H groups in total. The van der Waals surface area contributed by atoms with Gasteiger partial charge in [0.2, 0.25) is 0 Å². The van der Waals surface area contributed by atoms with Crippen molar-refractivity contribution in [3.05, 3.63) is 57.7 Å². The molecular formula is C28H31N3O4. The second kappa shape index (κ2) is 8.53. The van der Waals surface area contributed by atoms with Crippen LogP contribution in [0.2, 0.25) is 0 Å². The van der Waals surface area contributed by atoms with Gasteiger partial charge in [-0.1, -0.05) is 39.8 Å². The Labute approximate surface area is 206 Å². The minimum absolute atomic E-state index is 0.0500. The Morgan fingerprint density at radius 1 is 1.09 bits per heavy atom. The maximum absolute atomic E-state index is 12.9. The number of anilines is 1. The summed E-state index contributed by atoms with van der Waals surface area (Å²) in [5.41, 5.74) is 5.32. The van der Waals surface area contributed by atoms with E-state index >= 15 is 0 Å². The van der Waals surface area contributed by atoms with Gasteiger partial charge in [0.05, 0.1) is 0 Å². The molecule has 0 saturated carbocycles. The molecule has 0 bridgehead atoms. The van der Waals surface area contributed by atoms with Crippen LogP contribution in [0.15, 0.2) is 41.0 Å². The number of benzene rings is 1. The fraction of sp³-hybridized carbons (Fsp3) is 0.429. The maximum Gasteiger partial charge on any atom is 0.323 e. The number of nitrogens with zero attached hydrogens (tertiary/aromatic N) is 3. The number of aliphatic carboxylic acids is 1. The van der Waals surface area contributed by atoms with E-state index in [4.69, 9.17) is 5.11 Å². The molecule has 0 unspecified atom stereocenters. The Morgan fingerprint density at radius 2 is 1.66 bits per heavy atom. The molecule has 3 heterocycles. The zero-order valence-corrected chi connectivity index (χ0v) is 20.9. The van der Waals surface area contributed by atoms with Gasteiger partial charge in [0.15, 0.2) is 0 Å². The molecule has 0 aromatic heterocycles. The number of rotatable bonds is 4. The number of carbonyl (C=O) groups excluding carboxylic acids is 2. The van der Waals surface area contributed by atoms with Crippen molar-refractivity contribution in [2.45, 2.75) is 58.3 Å². The average molecular weight is 474 g/mol. The molecule has 35 heavy (non-hydrogen) atoms. The SMILES string of the molecule is CC1=C(C#N)C(=O)N(CC(=O)O)C(=O)/C1=C\C=C\c1cc2c3c(c1)C(C)(C)CCN3CCC2(C)C. The molecule has 7 nitrogen and oxygen atoms in total. The second-order valence-corrected chi connectivity index (χ2v) is 10.9. The lowest BCUT2D eigenvalue weighted by Crippen LogP contribution is -2.45. The van der Waals surface area contributed by atoms with Gasteiger partial charge in [-0.3, -0.25) is 19.3 Å². The van der Waals surface area contributed by atoms with Crippen LogP contribution in [0.5, 0.6) is 0 Å². The summed E-state index contributed by atoms with van der Waals surface area (Å²) in [4.78, 5) is 39.6. The molecule has 3 aliphatic rings. The third kappa shape index (κ3) is 4.18. The summed E-state index contributed by atoms with van der Waals surface area (Å²) in [7, 11) is 0. The van der Waals surface area contributed by atoms with Crippen LogP contribution in [0.25, 0.3) is 6.08 Å². The van der Waals surface area contributed by atoms with Crippen molar-refractivity contribution in [3.63, 3.8) is 0 Å². The lowest BCUT2D eigenvalue weighted by atomic mass is 9.69. The largest absolute Gasteiger partial charge is 0.480 e. The van der Waals surface area contributed by atoms with Crippen LogP contribution < -0.4 is 4.90 Å². The van der Waals surface area contributed by atoms with Crippen molar-refractivity contribution in [1.29, 1.82) is 5.26 Å². The standard InChI is InChI=1S/C28H31N3O4/c1-17-19(25(34)31(16-23(32)33)26(35)20(17)15-29)8-6-7-18-13-21-24-22(14-18)28(4,5)10-12-30(24)11-9-27(21,2)3/h6-8,13-14H,9-12,16H2,1-5H3,(H,32,33)/b7-6+,19-8-. The summed E-state index contributed by atoms with van der Waals surface area (Å²) in [5, 5.41) is 18.5. The van der Waals surface area contributed by atoms with Crippen LogP contribution in [-0.2, 0) is 25.2 Å². The average Bonchev–Trinajstić information content (AvgIpc) is 2.78. The summed E-state index contributed by atoms with van der Waals surface area (Å²) in [5.74, 6) is -2.90. The number of carbonyl (C=O) groups is 3. The van der Waals surface area contributed by atoms with Crippen LogP contribution in [0, 0.1) is 11.3 Å². The maximum atomic E-state index is 12.9. The highest BCUT2D eigenvalue weighted by atomic mass is 16.4. The lowest BCUT2D eigenvalue weighted by molar-refractivity contribution is -0.149. The van der Waals surface area contributed by atoms with Crippen molar-refractivity contribution in [2.24, 2.45) is 0 Å². The molecule has 7 heteroatoms. The number of carboxylic acids is 1. The Bertz CT molecular complexity index is 1230. The van der Waals surface area contributed by atoms with Crippen molar-refractivity contribution in [2.75, 3.05) is 24.5 Å². The van der Waals surface area contributed by atoms with E-state index in [0.29, 0.717) is 4.90 Å². The van der Waals surface area contributed by atoms with Gasteiger partial charge in [0.1, 0.15) is 18.2 Å². The first-order valence-corrected chi connectivity index (χ1v) is 11.9. The first-order valence-electron chi connectivity index (χ1n) is 11.9. The minimum Gasteiger partial charge on any atom is -0.480 e. The molecule has 4 rings (SSSR count). The fourth-order valence-electron chi connectivity index (χ4n) is 5.25. The molecule has 3 aliphatic heterocycles. The molecule has 0 aliphatic carbocycles. The van der Waals surface area contributed by atoms with Crippen LogP contribution in [0.3, 0.4) is 0 Å². The quantitative estimate of drug-likeness (QED) is 0.522. The first kappa shape index (κ1) is 24.5. The van der Waals surface area contributed by atoms with Gasteiger partial charge in [-0.15, -0.1) is 0 Å². The molecule has 0 fully saturated rings. The van der Waals surface area contributed by atoms with Crippen molar-refractivity contribution in [1.82, 2.24) is 4.90 Å². The van der Waals surface area contributed by atoms with Crippen LogP contribution in [0.4, 0.5) is 5.69 Å². The number of nitriles is 1. The predicted octanol–water partition coefficient (Wildman–Crippen LogP) is 4.09. The van der Waals surface area contributed by atoms with Crippen molar-refractivity contribution >= 4 is 29.5 Å². The first-order chi connectivity index (χ1) is 16.4. The highest BCUT2D eigenvalue weighted by Crippen LogP contribution is 2.49. The Balaban J connectivity index is 1.77. The number of imide groups is 1. The minimum atomic E-state index is -1.32. The van der Waals surface area contributed by atoms with E-state index in [-0.39, 0.29) is 27.5 Å². The van der Waals surface area contributed by atoms with Gasteiger partial charge in [-0.2, -0.15) is 5.26 Å². The van der Waals surface area contributed by atoms with E-state index in [1.54, 1.807) is 12.2 Å². The van der Waals surface area contributed by atoms with Gasteiger partial charge >= 0.3 is 5.97 Å². The van der Waals surface area contributed by atoms with Gasteiger partial charge in [0.25, 0.3) is 11.8 Å². The number of amides is 2. The third-order valence-corrected chi connectivity index (χ3v) is 7.59. The molecule has 0 saturated heterocycles. The molecule has 182 valence electrons. The van der Waals surface area contributed by atoms with E-state index in [1.165, 1.54) is 23.7 Å². The third-order valence-electron chi connectivity index (χ3n) is 7.59. The summed E-state index contributed by atoms with van der Waals surface area (Å²) in [6, 6.07) is 6.25. The molecule has 0 atom stereocenters. The number of hydrogen-bond acceptors (Lipinski definition) is 5. The van der Waals surface area contributed by atoms with Gasteiger partial charge in [0, 0.05) is 24.4 Å². The van der Waals surface area contributed by atoms with E-state index in [1.807, 2.05) is 12.1 Å². The summed E-state index contributed by atoms with van der Waals surface area (Å²) in [6.45, 7) is 12.0. The highest BCUT2D eigenvalue weighted by molar-refractivity contribution is 6.19. The van der Waals surface area contributed by atoms with Crippen LogP contribution in [-0.4, -0.2) is 47.4 Å². The van der Waals surface area contributed by atoms with Gasteiger partial charge in [-0.25, -0.2) is 0 Å². The molecule has 0 radical (unpaired) electrons. The second-order valence-electron chi connectivity index (χ2n) is 10.9. The van der Waals surface area contributed by atoms with Gasteiger partial charge in [-0.05, 0) is 71.1 Å². The fourth-order valence-corrected chi connectivity index (χ4v) is 5.25. The Hall–Kier alpha value is -3.66. The normalized spacial score (nSPS) is 22.0. The number of allylic oxidation sites excluding steroid dienone is 2. The van der Waals surface area contributed by atoms with Crippen molar-refractivity contribution < 1.29 is 19.5 Å². The summed E-state index contributed by atoms with van der Waals surface area (Å²) < 4.78 is 0. The number of carboxylic acid groups (broad SMARTS) is 1. The topological polar surface area (TPSA) is 102 Å². The number of hydrogen-bond donors (Lipinski definition) is 1. The molecular weight excluding hydrogens is 442 g/mol. The van der Waals surface area contributed by atoms with Crippen LogP contribution in [0.1, 0.15) is 64.2 Å². The van der Waals surface area contributed by atoms with Crippen LogP contribution >= 0.6 is 0 Å².